The highest BCUT2D eigenvalue weighted by molar-refractivity contribution is 14.1. The second-order valence-corrected chi connectivity index (χ2v) is 6.82. The third kappa shape index (κ3) is 2.33. The summed E-state index contributed by atoms with van der Waals surface area (Å²) in [5.41, 5.74) is 8.14. The van der Waals surface area contributed by atoms with Gasteiger partial charge in [0.1, 0.15) is 0 Å². The first-order valence-electron chi connectivity index (χ1n) is 7.07. The minimum atomic E-state index is 0.782. The van der Waals surface area contributed by atoms with Crippen LogP contribution in [0.2, 0.25) is 0 Å². The van der Waals surface area contributed by atoms with Gasteiger partial charge in [-0.2, -0.15) is 0 Å². The van der Waals surface area contributed by atoms with Gasteiger partial charge >= 0.3 is 0 Å². The van der Waals surface area contributed by atoms with E-state index in [2.05, 4.69) is 39.6 Å². The largest absolute Gasteiger partial charge is 0.399 e. The van der Waals surface area contributed by atoms with E-state index in [4.69, 9.17) is 5.73 Å². The number of rotatable bonds is 1. The van der Waals surface area contributed by atoms with Crippen molar-refractivity contribution in [1.82, 2.24) is 0 Å². The molecule has 1 aliphatic heterocycles. The Balaban J connectivity index is 1.89. The zero-order valence-corrected chi connectivity index (χ0v) is 12.9. The lowest BCUT2D eigenvalue weighted by molar-refractivity contribution is 0.243. The molecule has 0 aromatic heterocycles. The summed E-state index contributed by atoms with van der Waals surface area (Å²) in [5.74, 6) is 0.931. The van der Waals surface area contributed by atoms with Gasteiger partial charge in [-0.1, -0.05) is 12.8 Å². The quantitative estimate of drug-likeness (QED) is 0.608. The molecule has 0 spiro atoms. The van der Waals surface area contributed by atoms with Crippen LogP contribution in [0.15, 0.2) is 18.2 Å². The van der Waals surface area contributed by atoms with E-state index in [0.29, 0.717) is 0 Å². The highest BCUT2D eigenvalue weighted by Crippen LogP contribution is 2.39. The molecule has 2 nitrogen and oxygen atoms in total. The number of nitrogen functional groups attached to an aromatic ring is 1. The molecular weight excluding hydrogens is 335 g/mol. The Labute approximate surface area is 123 Å². The van der Waals surface area contributed by atoms with Crippen molar-refractivity contribution in [1.29, 1.82) is 0 Å². The summed E-state index contributed by atoms with van der Waals surface area (Å²) in [6.45, 7) is 1.22. The topological polar surface area (TPSA) is 29.3 Å². The Morgan fingerprint density at radius 2 is 1.89 bits per heavy atom. The molecule has 2 aliphatic rings. The molecule has 1 saturated carbocycles. The maximum Gasteiger partial charge on any atom is 0.0506 e. The summed E-state index contributed by atoms with van der Waals surface area (Å²) < 4.78 is 1.30. The lowest BCUT2D eigenvalue weighted by atomic mass is 9.78. The molecule has 3 rings (SSSR count). The predicted octanol–water partition coefficient (Wildman–Crippen LogP) is 4.03. The number of nitrogens with zero attached hydrogens (tertiary/aromatic N) is 1. The Bertz CT molecular complexity index is 431. The monoisotopic (exact) mass is 356 g/mol. The minimum Gasteiger partial charge on any atom is -0.399 e. The third-order valence-electron chi connectivity index (χ3n) is 4.52. The number of fused-ring (bicyclic) bond motifs is 1. The fraction of sp³-hybridized carbons (Fsp3) is 0.600. The lowest BCUT2D eigenvalue weighted by Gasteiger charge is -2.45. The fourth-order valence-electron chi connectivity index (χ4n) is 3.68. The van der Waals surface area contributed by atoms with Gasteiger partial charge < -0.3 is 10.6 Å². The summed E-state index contributed by atoms with van der Waals surface area (Å²) in [6, 6.07) is 7.14. The minimum absolute atomic E-state index is 0.782. The summed E-state index contributed by atoms with van der Waals surface area (Å²) in [5, 5.41) is 0. The normalized spacial score (nSPS) is 27.9. The van der Waals surface area contributed by atoms with E-state index in [1.807, 2.05) is 6.07 Å². The van der Waals surface area contributed by atoms with E-state index in [0.717, 1.165) is 17.6 Å². The first-order valence-corrected chi connectivity index (χ1v) is 8.15. The van der Waals surface area contributed by atoms with Gasteiger partial charge in [0.05, 0.1) is 5.69 Å². The van der Waals surface area contributed by atoms with Crippen molar-refractivity contribution in [3.05, 3.63) is 21.8 Å². The van der Waals surface area contributed by atoms with Gasteiger partial charge in [0.15, 0.2) is 0 Å². The van der Waals surface area contributed by atoms with Crippen molar-refractivity contribution in [2.24, 2.45) is 5.92 Å². The van der Waals surface area contributed by atoms with Gasteiger partial charge in [-0.05, 0) is 72.4 Å². The first kappa shape index (κ1) is 12.6. The SMILES string of the molecule is Nc1ccc(N2CCC[C@H]3CCCC[C@H]32)c(I)c1. The molecule has 18 heavy (non-hydrogen) atoms. The molecule has 1 saturated heterocycles. The molecule has 98 valence electrons. The molecule has 2 atom stereocenters. The van der Waals surface area contributed by atoms with Crippen molar-refractivity contribution in [2.45, 2.75) is 44.6 Å². The van der Waals surface area contributed by atoms with Crippen LogP contribution in [0.25, 0.3) is 0 Å². The molecular formula is C15H21IN2. The van der Waals surface area contributed by atoms with E-state index in [-0.39, 0.29) is 0 Å². The number of benzene rings is 1. The van der Waals surface area contributed by atoms with Crippen LogP contribution in [-0.2, 0) is 0 Å². The van der Waals surface area contributed by atoms with E-state index >= 15 is 0 Å². The van der Waals surface area contributed by atoms with Gasteiger partial charge in [0.25, 0.3) is 0 Å². The van der Waals surface area contributed by atoms with Crippen LogP contribution < -0.4 is 10.6 Å². The Morgan fingerprint density at radius 1 is 1.11 bits per heavy atom. The van der Waals surface area contributed by atoms with Gasteiger partial charge in [-0.3, -0.25) is 0 Å². The number of piperidine rings is 1. The maximum absolute atomic E-state index is 5.87. The number of hydrogen-bond donors (Lipinski definition) is 1. The molecule has 1 aromatic carbocycles. The van der Waals surface area contributed by atoms with E-state index in [9.17, 15) is 0 Å². The molecule has 2 fully saturated rings. The van der Waals surface area contributed by atoms with Crippen molar-refractivity contribution < 1.29 is 0 Å². The van der Waals surface area contributed by atoms with Gasteiger partial charge in [-0.15, -0.1) is 0 Å². The first-order chi connectivity index (χ1) is 8.75. The standard InChI is InChI=1S/C15H21IN2/c16-13-10-12(17)7-8-15(13)18-9-3-5-11-4-1-2-6-14(11)18/h7-8,10-11,14H,1-6,9,17H2/t11-,14-/m1/s1. The van der Waals surface area contributed by atoms with Crippen LogP contribution in [0, 0.1) is 9.49 Å². The lowest BCUT2D eigenvalue weighted by Crippen LogP contribution is -2.47. The summed E-state index contributed by atoms with van der Waals surface area (Å²) in [4.78, 5) is 2.66. The Morgan fingerprint density at radius 3 is 2.72 bits per heavy atom. The number of halogens is 1. The fourth-order valence-corrected chi connectivity index (χ4v) is 4.53. The highest BCUT2D eigenvalue weighted by atomic mass is 127. The van der Waals surface area contributed by atoms with Crippen LogP contribution >= 0.6 is 22.6 Å². The van der Waals surface area contributed by atoms with Crippen LogP contribution in [0.5, 0.6) is 0 Å². The second kappa shape index (κ2) is 5.27. The van der Waals surface area contributed by atoms with Crippen LogP contribution in [0.4, 0.5) is 11.4 Å². The second-order valence-electron chi connectivity index (χ2n) is 5.66. The molecule has 0 amide bonds. The smallest absolute Gasteiger partial charge is 0.0506 e. The number of anilines is 2. The Hall–Kier alpha value is -0.450. The predicted molar refractivity (Wildman–Crippen MR) is 85.9 cm³/mol. The molecule has 0 bridgehead atoms. The summed E-state index contributed by atoms with van der Waals surface area (Å²) in [6.07, 6.45) is 8.45. The maximum atomic E-state index is 5.87. The van der Waals surface area contributed by atoms with Crippen molar-refractivity contribution in [3.8, 4) is 0 Å². The number of nitrogens with two attached hydrogens (primary N) is 1. The van der Waals surface area contributed by atoms with Crippen molar-refractivity contribution in [3.63, 3.8) is 0 Å². The van der Waals surface area contributed by atoms with Crippen LogP contribution in [-0.4, -0.2) is 12.6 Å². The zero-order valence-electron chi connectivity index (χ0n) is 10.7. The van der Waals surface area contributed by atoms with Crippen molar-refractivity contribution >= 4 is 34.0 Å². The Kier molecular flexibility index (Phi) is 3.68. The average molecular weight is 356 g/mol. The molecule has 0 unspecified atom stereocenters. The van der Waals surface area contributed by atoms with Gasteiger partial charge in [0, 0.05) is 21.8 Å². The third-order valence-corrected chi connectivity index (χ3v) is 5.39. The number of hydrogen-bond acceptors (Lipinski definition) is 2. The molecule has 2 N–H and O–H groups in total. The highest BCUT2D eigenvalue weighted by Gasteiger charge is 2.33. The molecule has 3 heteroatoms. The molecule has 1 aromatic rings. The van der Waals surface area contributed by atoms with Crippen molar-refractivity contribution in [2.75, 3.05) is 17.2 Å². The molecule has 1 heterocycles. The van der Waals surface area contributed by atoms with E-state index in [1.54, 1.807) is 0 Å². The summed E-state index contributed by atoms with van der Waals surface area (Å²) >= 11 is 2.43. The van der Waals surface area contributed by atoms with Gasteiger partial charge in [-0.25, -0.2) is 0 Å². The van der Waals surface area contributed by atoms with Crippen LogP contribution in [0.1, 0.15) is 38.5 Å². The van der Waals surface area contributed by atoms with Gasteiger partial charge in [0.2, 0.25) is 0 Å². The summed E-state index contributed by atoms with van der Waals surface area (Å²) in [7, 11) is 0. The zero-order chi connectivity index (χ0) is 12.5. The van der Waals surface area contributed by atoms with E-state index < -0.39 is 0 Å². The molecule has 1 aliphatic carbocycles. The van der Waals surface area contributed by atoms with E-state index in [1.165, 1.54) is 54.3 Å². The average Bonchev–Trinajstić information content (AvgIpc) is 2.38. The van der Waals surface area contributed by atoms with Crippen LogP contribution in [0.3, 0.4) is 0 Å². The molecule has 0 radical (unpaired) electrons.